The molecule has 0 radical (unpaired) electrons. The summed E-state index contributed by atoms with van der Waals surface area (Å²) in [7, 11) is 0. The van der Waals surface area contributed by atoms with Crippen molar-refractivity contribution in [3.63, 3.8) is 0 Å². The zero-order chi connectivity index (χ0) is 18.6. The van der Waals surface area contributed by atoms with E-state index in [0.29, 0.717) is 5.82 Å². The highest BCUT2D eigenvalue weighted by atomic mass is 16.5. The van der Waals surface area contributed by atoms with Gasteiger partial charge >= 0.3 is 0 Å². The fraction of sp³-hybridized carbons (Fsp3) is 0.500. The van der Waals surface area contributed by atoms with Crippen LogP contribution in [0.4, 0.5) is 5.82 Å². The van der Waals surface area contributed by atoms with Crippen LogP contribution in [-0.2, 0) is 16.1 Å². The Morgan fingerprint density at radius 3 is 2.77 bits per heavy atom. The summed E-state index contributed by atoms with van der Waals surface area (Å²) in [5, 5.41) is 2.97. The molecule has 2 aromatic rings. The van der Waals surface area contributed by atoms with Crippen LogP contribution < -0.4 is 5.32 Å². The molecule has 26 heavy (non-hydrogen) atoms. The molecule has 2 aromatic heterocycles. The topological polar surface area (TPSA) is 67.6 Å². The number of morpholine rings is 1. The van der Waals surface area contributed by atoms with Crippen molar-refractivity contribution in [1.82, 2.24) is 9.88 Å². The number of carbonyl (C=O) groups excluding carboxylic acids is 1. The average molecular weight is 357 g/mol. The molecule has 0 bridgehead atoms. The first-order valence-electron chi connectivity index (χ1n) is 9.12. The number of rotatable bonds is 6. The second kappa shape index (κ2) is 8.01. The molecule has 3 heterocycles. The predicted molar refractivity (Wildman–Crippen MR) is 101 cm³/mol. The van der Waals surface area contributed by atoms with Crippen LogP contribution in [0.2, 0.25) is 0 Å². The lowest BCUT2D eigenvalue weighted by molar-refractivity contribution is -0.124. The summed E-state index contributed by atoms with van der Waals surface area (Å²) in [5.41, 5.74) is 2.72. The molecule has 1 aliphatic rings. The lowest BCUT2D eigenvalue weighted by Gasteiger charge is -2.27. The van der Waals surface area contributed by atoms with E-state index < -0.39 is 5.41 Å². The van der Waals surface area contributed by atoms with Gasteiger partial charge < -0.3 is 14.5 Å². The van der Waals surface area contributed by atoms with Crippen LogP contribution in [0.15, 0.2) is 35.3 Å². The van der Waals surface area contributed by atoms with Crippen molar-refractivity contribution in [3.05, 3.63) is 36.4 Å². The second-order valence-electron chi connectivity index (χ2n) is 7.32. The maximum Gasteiger partial charge on any atom is 0.231 e. The van der Waals surface area contributed by atoms with Crippen LogP contribution in [0.25, 0.3) is 11.1 Å². The fourth-order valence-electron chi connectivity index (χ4n) is 2.82. The van der Waals surface area contributed by atoms with Crippen LogP contribution in [0, 0.1) is 5.41 Å². The molecule has 0 unspecified atom stereocenters. The summed E-state index contributed by atoms with van der Waals surface area (Å²) < 4.78 is 10.7. The van der Waals surface area contributed by atoms with E-state index in [1.54, 1.807) is 12.5 Å². The molecular weight excluding hydrogens is 330 g/mol. The highest BCUT2D eigenvalue weighted by Crippen LogP contribution is 2.28. The number of nitrogens with one attached hydrogen (secondary N) is 1. The summed E-state index contributed by atoms with van der Waals surface area (Å²) in [5.74, 6) is 0.577. The molecule has 1 fully saturated rings. The number of amides is 1. The quantitative estimate of drug-likeness (QED) is 0.856. The van der Waals surface area contributed by atoms with Gasteiger partial charge in [-0.3, -0.25) is 9.69 Å². The zero-order valence-corrected chi connectivity index (χ0v) is 15.7. The SMILES string of the molecule is CCC(C)(C)C(=O)Nc1cc(CN2CCOCC2)c(-c2ccoc2)cn1. The van der Waals surface area contributed by atoms with E-state index in [9.17, 15) is 4.79 Å². The second-order valence-corrected chi connectivity index (χ2v) is 7.32. The molecule has 3 rings (SSSR count). The molecule has 1 amide bonds. The first-order valence-corrected chi connectivity index (χ1v) is 9.12. The van der Waals surface area contributed by atoms with Gasteiger partial charge in [-0.05, 0) is 24.1 Å². The number of hydrogen-bond donors (Lipinski definition) is 1. The molecular formula is C20H27N3O3. The van der Waals surface area contributed by atoms with Gasteiger partial charge in [0.2, 0.25) is 5.91 Å². The van der Waals surface area contributed by atoms with E-state index >= 15 is 0 Å². The van der Waals surface area contributed by atoms with Crippen molar-refractivity contribution in [2.75, 3.05) is 31.6 Å². The Balaban J connectivity index is 1.86. The van der Waals surface area contributed by atoms with E-state index in [1.165, 1.54) is 0 Å². The summed E-state index contributed by atoms with van der Waals surface area (Å²) in [6.45, 7) is 9.98. The third-order valence-electron chi connectivity index (χ3n) is 5.06. The van der Waals surface area contributed by atoms with Crippen LogP contribution >= 0.6 is 0 Å². The van der Waals surface area contributed by atoms with E-state index in [-0.39, 0.29) is 5.91 Å². The molecule has 1 aliphatic heterocycles. The summed E-state index contributed by atoms with van der Waals surface area (Å²) in [6.07, 6.45) is 5.97. The Labute approximate surface area is 154 Å². The van der Waals surface area contributed by atoms with Crippen molar-refractivity contribution >= 4 is 11.7 Å². The van der Waals surface area contributed by atoms with Gasteiger partial charge in [0.05, 0.1) is 25.7 Å². The molecule has 140 valence electrons. The summed E-state index contributed by atoms with van der Waals surface area (Å²) in [4.78, 5) is 19.3. The summed E-state index contributed by atoms with van der Waals surface area (Å²) >= 11 is 0. The molecule has 6 heteroatoms. The minimum atomic E-state index is -0.421. The van der Waals surface area contributed by atoms with Gasteiger partial charge in [-0.2, -0.15) is 0 Å². The lowest BCUT2D eigenvalue weighted by atomic mass is 9.89. The van der Waals surface area contributed by atoms with E-state index in [2.05, 4.69) is 15.2 Å². The molecule has 0 aliphatic carbocycles. The standard InChI is InChI=1S/C20H27N3O3/c1-4-20(2,3)19(24)22-18-11-16(13-23-6-9-25-10-7-23)17(12-21-18)15-5-8-26-14-15/h5,8,11-12,14H,4,6-7,9-10,13H2,1-3H3,(H,21,22,24). The predicted octanol–water partition coefficient (Wildman–Crippen LogP) is 3.55. The highest BCUT2D eigenvalue weighted by molar-refractivity contribution is 5.94. The molecule has 0 spiro atoms. The normalized spacial score (nSPS) is 15.8. The van der Waals surface area contributed by atoms with Gasteiger partial charge in [-0.1, -0.05) is 20.8 Å². The van der Waals surface area contributed by atoms with Crippen molar-refractivity contribution in [1.29, 1.82) is 0 Å². The van der Waals surface area contributed by atoms with Gasteiger partial charge in [-0.15, -0.1) is 0 Å². The van der Waals surface area contributed by atoms with Crippen molar-refractivity contribution < 1.29 is 13.9 Å². The highest BCUT2D eigenvalue weighted by Gasteiger charge is 2.26. The number of hydrogen-bond acceptors (Lipinski definition) is 5. The Morgan fingerprint density at radius 2 is 2.12 bits per heavy atom. The monoisotopic (exact) mass is 357 g/mol. The van der Waals surface area contributed by atoms with Crippen LogP contribution in [0.5, 0.6) is 0 Å². The maximum absolute atomic E-state index is 12.5. The maximum atomic E-state index is 12.5. The van der Waals surface area contributed by atoms with Crippen LogP contribution in [0.3, 0.4) is 0 Å². The number of pyridine rings is 1. The van der Waals surface area contributed by atoms with Gasteiger partial charge in [-0.25, -0.2) is 4.98 Å². The van der Waals surface area contributed by atoms with Gasteiger partial charge in [0.15, 0.2) is 0 Å². The van der Waals surface area contributed by atoms with Crippen molar-refractivity contribution in [3.8, 4) is 11.1 Å². The molecule has 6 nitrogen and oxygen atoms in total. The molecule has 1 saturated heterocycles. The van der Waals surface area contributed by atoms with Crippen LogP contribution in [-0.4, -0.2) is 42.1 Å². The number of ether oxygens (including phenoxy) is 1. The van der Waals surface area contributed by atoms with E-state index in [4.69, 9.17) is 9.15 Å². The first kappa shape index (κ1) is 18.6. The number of nitrogens with zero attached hydrogens (tertiary/aromatic N) is 2. The third-order valence-corrected chi connectivity index (χ3v) is 5.06. The van der Waals surface area contributed by atoms with Gasteiger partial charge in [0, 0.05) is 42.4 Å². The molecule has 0 aromatic carbocycles. The third kappa shape index (κ3) is 4.31. The van der Waals surface area contributed by atoms with Gasteiger partial charge in [0.25, 0.3) is 0 Å². The number of carbonyl (C=O) groups is 1. The van der Waals surface area contributed by atoms with Crippen molar-refractivity contribution in [2.24, 2.45) is 5.41 Å². The largest absolute Gasteiger partial charge is 0.472 e. The molecule has 0 atom stereocenters. The van der Waals surface area contributed by atoms with E-state index in [1.807, 2.05) is 39.1 Å². The smallest absolute Gasteiger partial charge is 0.231 e. The Morgan fingerprint density at radius 1 is 1.35 bits per heavy atom. The molecule has 0 saturated carbocycles. The molecule has 1 N–H and O–H groups in total. The summed E-state index contributed by atoms with van der Waals surface area (Å²) in [6, 6.07) is 3.90. The zero-order valence-electron chi connectivity index (χ0n) is 15.7. The number of anilines is 1. The lowest BCUT2D eigenvalue weighted by Crippen LogP contribution is -2.35. The Bertz CT molecular complexity index is 735. The van der Waals surface area contributed by atoms with Gasteiger partial charge in [0.1, 0.15) is 5.82 Å². The minimum Gasteiger partial charge on any atom is -0.472 e. The van der Waals surface area contributed by atoms with E-state index in [0.717, 1.165) is 56.0 Å². The fourth-order valence-corrected chi connectivity index (χ4v) is 2.82. The first-order chi connectivity index (χ1) is 12.5. The Kier molecular flexibility index (Phi) is 5.74. The van der Waals surface area contributed by atoms with Crippen LogP contribution in [0.1, 0.15) is 32.8 Å². The van der Waals surface area contributed by atoms with Crippen molar-refractivity contribution in [2.45, 2.75) is 33.7 Å². The average Bonchev–Trinajstić information content (AvgIpc) is 3.17. The number of aromatic nitrogens is 1. The minimum absolute atomic E-state index is 0.0131. The Hall–Kier alpha value is -2.18. The number of furan rings is 1.